The monoisotopic (exact) mass is 297 g/mol. The maximum atomic E-state index is 12.4. The minimum Gasteiger partial charge on any atom is -0.364 e. The van der Waals surface area contributed by atoms with E-state index in [2.05, 4.69) is 19.6 Å². The molecule has 0 saturated carbocycles. The molecule has 0 aliphatic heterocycles. The Hall–Kier alpha value is -2.91. The van der Waals surface area contributed by atoms with Crippen LogP contribution in [0, 0.1) is 0 Å². The molecule has 3 heterocycles. The van der Waals surface area contributed by atoms with E-state index in [1.54, 1.807) is 0 Å². The topological polar surface area (TPSA) is 99.3 Å². The Balaban J connectivity index is 2.04. The van der Waals surface area contributed by atoms with Gasteiger partial charge in [0, 0.05) is 18.0 Å². The van der Waals surface area contributed by atoms with E-state index < -0.39 is 18.0 Å². The highest BCUT2D eigenvalue weighted by molar-refractivity contribution is 5.91. The maximum Gasteiger partial charge on any atom is 0.471 e. The third-order valence-electron chi connectivity index (χ3n) is 2.64. The highest BCUT2D eigenvalue weighted by atomic mass is 19.4. The van der Waals surface area contributed by atoms with Crippen molar-refractivity contribution in [2.24, 2.45) is 5.73 Å². The molecule has 7 nitrogen and oxygen atoms in total. The first-order valence-electron chi connectivity index (χ1n) is 5.54. The number of carbonyl (C=O) groups excluding carboxylic acids is 1. The first kappa shape index (κ1) is 13.1. The molecule has 3 aromatic heterocycles. The minimum atomic E-state index is -4.71. The Kier molecular flexibility index (Phi) is 2.68. The summed E-state index contributed by atoms with van der Waals surface area (Å²) in [5, 5.41) is 3.27. The molecule has 0 aliphatic rings. The van der Waals surface area contributed by atoms with Gasteiger partial charge in [-0.3, -0.25) is 4.79 Å². The average Bonchev–Trinajstić information content (AvgIpc) is 3.04. The fraction of sp³-hybridized carbons (Fsp3) is 0.0909. The van der Waals surface area contributed by atoms with Crippen LogP contribution in [-0.2, 0) is 6.18 Å². The molecule has 3 aromatic rings. The lowest BCUT2D eigenvalue weighted by molar-refractivity contribution is -0.159. The smallest absolute Gasteiger partial charge is 0.364 e. The first-order chi connectivity index (χ1) is 9.84. The van der Waals surface area contributed by atoms with Crippen molar-refractivity contribution in [1.82, 2.24) is 19.5 Å². The van der Waals surface area contributed by atoms with Gasteiger partial charge >= 0.3 is 12.1 Å². The van der Waals surface area contributed by atoms with Crippen molar-refractivity contribution in [2.75, 3.05) is 0 Å². The van der Waals surface area contributed by atoms with Crippen LogP contribution in [0.25, 0.3) is 17.0 Å². The fourth-order valence-electron chi connectivity index (χ4n) is 1.70. The molecule has 3 rings (SSSR count). The van der Waals surface area contributed by atoms with Crippen LogP contribution in [0.2, 0.25) is 0 Å². The van der Waals surface area contributed by atoms with Crippen LogP contribution in [0.1, 0.15) is 16.4 Å². The summed E-state index contributed by atoms with van der Waals surface area (Å²) in [5.74, 6) is -2.37. The molecule has 2 N–H and O–H groups in total. The van der Waals surface area contributed by atoms with Gasteiger partial charge in [0.1, 0.15) is 11.3 Å². The van der Waals surface area contributed by atoms with Crippen LogP contribution in [0.5, 0.6) is 0 Å². The molecule has 0 fully saturated rings. The number of carbonyl (C=O) groups is 1. The molecule has 0 spiro atoms. The molecule has 108 valence electrons. The number of imidazole rings is 1. The zero-order valence-corrected chi connectivity index (χ0v) is 10.1. The number of primary amides is 1. The van der Waals surface area contributed by atoms with Gasteiger partial charge in [-0.1, -0.05) is 5.16 Å². The molecule has 0 bridgehead atoms. The van der Waals surface area contributed by atoms with Gasteiger partial charge in [-0.05, 0) is 12.1 Å². The van der Waals surface area contributed by atoms with Crippen molar-refractivity contribution in [2.45, 2.75) is 6.18 Å². The number of amides is 1. The van der Waals surface area contributed by atoms with Gasteiger partial charge in [-0.15, -0.1) is 0 Å². The molecule has 1 amide bonds. The lowest BCUT2D eigenvalue weighted by atomic mass is 10.2. The second-order valence-corrected chi connectivity index (χ2v) is 4.09. The lowest BCUT2D eigenvalue weighted by Gasteiger charge is -1.97. The third-order valence-corrected chi connectivity index (χ3v) is 2.64. The average molecular weight is 297 g/mol. The fourth-order valence-corrected chi connectivity index (χ4v) is 1.70. The molecular weight excluding hydrogens is 291 g/mol. The van der Waals surface area contributed by atoms with E-state index >= 15 is 0 Å². The van der Waals surface area contributed by atoms with Gasteiger partial charge in [0.15, 0.2) is 0 Å². The van der Waals surface area contributed by atoms with Crippen LogP contribution < -0.4 is 5.73 Å². The number of aromatic nitrogens is 4. The van der Waals surface area contributed by atoms with Crippen molar-refractivity contribution in [3.63, 3.8) is 0 Å². The summed E-state index contributed by atoms with van der Waals surface area (Å²) in [6.07, 6.45) is -1.81. The van der Waals surface area contributed by atoms with Crippen LogP contribution >= 0.6 is 0 Å². The van der Waals surface area contributed by atoms with Crippen molar-refractivity contribution < 1.29 is 22.5 Å². The van der Waals surface area contributed by atoms with Crippen LogP contribution in [-0.4, -0.2) is 25.4 Å². The number of hydrogen-bond donors (Lipinski definition) is 1. The summed E-state index contributed by atoms with van der Waals surface area (Å²) < 4.78 is 42.8. The van der Waals surface area contributed by atoms with Crippen LogP contribution in [0.15, 0.2) is 29.0 Å². The largest absolute Gasteiger partial charge is 0.471 e. The maximum absolute atomic E-state index is 12.4. The number of alkyl halides is 3. The Morgan fingerprint density at radius 3 is 2.71 bits per heavy atom. The van der Waals surface area contributed by atoms with Crippen molar-refractivity contribution in [3.05, 3.63) is 36.1 Å². The van der Waals surface area contributed by atoms with Crippen molar-refractivity contribution >= 4 is 11.6 Å². The Morgan fingerprint density at radius 1 is 1.33 bits per heavy atom. The summed E-state index contributed by atoms with van der Waals surface area (Å²) in [6, 6.07) is 2.88. The Bertz CT molecular complexity index is 836. The van der Waals surface area contributed by atoms with E-state index in [1.807, 2.05) is 0 Å². The zero-order valence-electron chi connectivity index (χ0n) is 10.1. The second kappa shape index (κ2) is 4.30. The lowest BCUT2D eigenvalue weighted by Crippen LogP contribution is -2.10. The van der Waals surface area contributed by atoms with E-state index in [0.717, 1.165) is 0 Å². The molecule has 0 aromatic carbocycles. The summed E-state index contributed by atoms with van der Waals surface area (Å²) in [4.78, 5) is 18.2. The highest BCUT2D eigenvalue weighted by Gasteiger charge is 2.38. The van der Waals surface area contributed by atoms with Crippen molar-refractivity contribution in [3.8, 4) is 11.4 Å². The number of halogens is 3. The normalized spacial score (nSPS) is 12.0. The van der Waals surface area contributed by atoms with Crippen LogP contribution in [0.3, 0.4) is 0 Å². The molecule has 0 saturated heterocycles. The van der Waals surface area contributed by atoms with E-state index in [-0.39, 0.29) is 17.1 Å². The zero-order chi connectivity index (χ0) is 15.2. The van der Waals surface area contributed by atoms with Gasteiger partial charge < -0.3 is 14.7 Å². The van der Waals surface area contributed by atoms with Gasteiger partial charge in [-0.2, -0.15) is 18.2 Å². The highest BCUT2D eigenvalue weighted by Crippen LogP contribution is 2.29. The summed E-state index contributed by atoms with van der Waals surface area (Å²) in [5.41, 5.74) is 5.72. The molecule has 0 atom stereocenters. The number of rotatable bonds is 2. The summed E-state index contributed by atoms with van der Waals surface area (Å²) in [6.45, 7) is 0. The number of nitrogens with zero attached hydrogens (tertiary/aromatic N) is 4. The van der Waals surface area contributed by atoms with Gasteiger partial charge in [-0.25, -0.2) is 4.98 Å². The van der Waals surface area contributed by atoms with Crippen LogP contribution in [0.4, 0.5) is 13.2 Å². The quantitative estimate of drug-likeness (QED) is 0.772. The van der Waals surface area contributed by atoms with Gasteiger partial charge in [0.25, 0.3) is 5.91 Å². The molecular formula is C11H6F3N5O2. The molecule has 10 heteroatoms. The third kappa shape index (κ3) is 2.30. The predicted octanol–water partition coefficient (Wildman–Crippen LogP) is 1.50. The van der Waals surface area contributed by atoms with E-state index in [1.165, 1.54) is 28.9 Å². The standard InChI is InChI=1S/C11H6F3N5O2/c12-11(13,14)10-17-9(18-21-10)5-1-2-19-4-6(8(15)20)16-7(19)3-5/h1-4H,(H2,15,20). The summed E-state index contributed by atoms with van der Waals surface area (Å²) in [7, 11) is 0. The Morgan fingerprint density at radius 2 is 2.10 bits per heavy atom. The first-order valence-corrected chi connectivity index (χ1v) is 5.54. The molecule has 21 heavy (non-hydrogen) atoms. The van der Waals surface area contributed by atoms with E-state index in [4.69, 9.17) is 5.73 Å². The Labute approximate surface area is 114 Å². The second-order valence-electron chi connectivity index (χ2n) is 4.09. The van der Waals surface area contributed by atoms with Crippen molar-refractivity contribution in [1.29, 1.82) is 0 Å². The number of pyridine rings is 1. The van der Waals surface area contributed by atoms with E-state index in [9.17, 15) is 18.0 Å². The number of hydrogen-bond acceptors (Lipinski definition) is 5. The number of fused-ring (bicyclic) bond motifs is 1. The molecule has 0 aliphatic carbocycles. The number of nitrogens with two attached hydrogens (primary N) is 1. The minimum absolute atomic E-state index is 0.0382. The van der Waals surface area contributed by atoms with E-state index in [0.29, 0.717) is 5.65 Å². The molecule has 0 unspecified atom stereocenters. The SMILES string of the molecule is NC(=O)c1cn2ccc(-c3noc(C(F)(F)F)n3)cc2n1. The summed E-state index contributed by atoms with van der Waals surface area (Å²) >= 11 is 0. The van der Waals surface area contributed by atoms with Gasteiger partial charge in [0.05, 0.1) is 0 Å². The van der Waals surface area contributed by atoms with Gasteiger partial charge in [0.2, 0.25) is 5.82 Å². The molecule has 0 radical (unpaired) electrons. The predicted molar refractivity (Wildman–Crippen MR) is 62.0 cm³/mol.